The average molecular weight is 208 g/mol. The fraction of sp³-hybridized carbons (Fsp3) is 0.786. The normalized spacial score (nSPS) is 35.7. The van der Waals surface area contributed by atoms with Gasteiger partial charge in [0, 0.05) is 5.92 Å². The molecule has 3 atom stereocenters. The van der Waals surface area contributed by atoms with Gasteiger partial charge in [0.25, 0.3) is 0 Å². The first-order chi connectivity index (χ1) is 6.88. The minimum Gasteiger partial charge on any atom is -0.295 e. The summed E-state index contributed by atoms with van der Waals surface area (Å²) < 4.78 is 0. The summed E-state index contributed by atoms with van der Waals surface area (Å²) >= 11 is 0. The van der Waals surface area contributed by atoms with Crippen LogP contribution in [0, 0.1) is 23.2 Å². The third kappa shape index (κ3) is 2.70. The Balaban J connectivity index is 2.89. The highest BCUT2D eigenvalue weighted by molar-refractivity contribution is 5.92. The highest BCUT2D eigenvalue weighted by atomic mass is 16.1. The van der Waals surface area contributed by atoms with Crippen LogP contribution in [0.2, 0.25) is 0 Å². The van der Waals surface area contributed by atoms with Crippen LogP contribution in [0.4, 0.5) is 0 Å². The van der Waals surface area contributed by atoms with E-state index >= 15 is 0 Å². The largest absolute Gasteiger partial charge is 0.295 e. The van der Waals surface area contributed by atoms with Gasteiger partial charge in [-0.05, 0) is 43.1 Å². The van der Waals surface area contributed by atoms with Crippen molar-refractivity contribution in [2.45, 2.75) is 47.5 Å². The summed E-state index contributed by atoms with van der Waals surface area (Å²) in [5, 5.41) is 0. The van der Waals surface area contributed by atoms with Crippen LogP contribution < -0.4 is 0 Å². The van der Waals surface area contributed by atoms with Gasteiger partial charge in [-0.25, -0.2) is 0 Å². The summed E-state index contributed by atoms with van der Waals surface area (Å²) in [6, 6.07) is 0. The molecule has 1 rings (SSSR count). The number of carbonyl (C=O) groups excluding carboxylic acids is 1. The van der Waals surface area contributed by atoms with Crippen LogP contribution in [0.1, 0.15) is 47.5 Å². The Labute approximate surface area is 93.9 Å². The molecule has 0 aromatic heterocycles. The van der Waals surface area contributed by atoms with E-state index in [0.717, 1.165) is 5.92 Å². The maximum Gasteiger partial charge on any atom is 0.159 e. The summed E-state index contributed by atoms with van der Waals surface area (Å²) in [4.78, 5) is 12.0. The van der Waals surface area contributed by atoms with Crippen molar-refractivity contribution in [3.8, 4) is 0 Å². The topological polar surface area (TPSA) is 17.1 Å². The summed E-state index contributed by atoms with van der Waals surface area (Å²) in [6.07, 6.45) is 5.98. The van der Waals surface area contributed by atoms with Crippen LogP contribution in [0.25, 0.3) is 0 Å². The minimum atomic E-state index is 0.160. The molecule has 0 aliphatic heterocycles. The third-order valence-corrected chi connectivity index (χ3v) is 3.70. The number of hydrogen-bond acceptors (Lipinski definition) is 1. The van der Waals surface area contributed by atoms with Crippen molar-refractivity contribution in [3.05, 3.63) is 12.2 Å². The summed E-state index contributed by atoms with van der Waals surface area (Å²) in [7, 11) is 0. The van der Waals surface area contributed by atoms with Gasteiger partial charge in [0.15, 0.2) is 5.78 Å². The molecule has 0 saturated heterocycles. The van der Waals surface area contributed by atoms with E-state index in [9.17, 15) is 4.79 Å². The maximum atomic E-state index is 12.0. The molecule has 1 fully saturated rings. The van der Waals surface area contributed by atoms with Gasteiger partial charge in [-0.15, -0.1) is 0 Å². The van der Waals surface area contributed by atoms with E-state index in [0.29, 0.717) is 11.7 Å². The lowest BCUT2D eigenvalue weighted by atomic mass is 9.60. The molecule has 1 nitrogen and oxygen atoms in total. The zero-order valence-electron chi connectivity index (χ0n) is 10.7. The van der Waals surface area contributed by atoms with Gasteiger partial charge >= 0.3 is 0 Å². The van der Waals surface area contributed by atoms with Gasteiger partial charge in [0.05, 0.1) is 0 Å². The number of ketones is 1. The van der Waals surface area contributed by atoms with Crippen molar-refractivity contribution in [2.75, 3.05) is 0 Å². The van der Waals surface area contributed by atoms with Crippen LogP contribution >= 0.6 is 0 Å². The van der Waals surface area contributed by atoms with Crippen LogP contribution in [0.3, 0.4) is 0 Å². The molecule has 0 radical (unpaired) electrons. The molecule has 1 aliphatic carbocycles. The quantitative estimate of drug-likeness (QED) is 0.630. The van der Waals surface area contributed by atoms with Crippen LogP contribution in [-0.2, 0) is 4.79 Å². The molecule has 86 valence electrons. The first-order valence-corrected chi connectivity index (χ1v) is 6.05. The van der Waals surface area contributed by atoms with E-state index in [1.807, 2.05) is 13.0 Å². The molecule has 0 amide bonds. The molecular weight excluding hydrogens is 184 g/mol. The first kappa shape index (κ1) is 12.5. The predicted octanol–water partition coefficient (Wildman–Crippen LogP) is 3.84. The Morgan fingerprint density at radius 1 is 1.33 bits per heavy atom. The fourth-order valence-electron chi connectivity index (χ4n) is 3.58. The summed E-state index contributed by atoms with van der Waals surface area (Å²) in [5.41, 5.74) is 0.160. The number of allylic oxidation sites excluding steroid dienone is 2. The second-order valence-corrected chi connectivity index (χ2v) is 5.89. The zero-order chi connectivity index (χ0) is 11.6. The monoisotopic (exact) mass is 208 g/mol. The highest BCUT2D eigenvalue weighted by Gasteiger charge is 2.42. The Hall–Kier alpha value is -0.590. The molecule has 0 aromatic carbocycles. The Kier molecular flexibility index (Phi) is 3.75. The molecule has 15 heavy (non-hydrogen) atoms. The molecule has 1 saturated carbocycles. The van der Waals surface area contributed by atoms with Crippen molar-refractivity contribution >= 4 is 5.78 Å². The van der Waals surface area contributed by atoms with Gasteiger partial charge in [0.1, 0.15) is 0 Å². The molecule has 0 N–H and O–H groups in total. The summed E-state index contributed by atoms with van der Waals surface area (Å²) in [6.45, 7) is 10.9. The molecule has 0 bridgehead atoms. The second-order valence-electron chi connectivity index (χ2n) is 5.89. The molecule has 1 aliphatic rings. The van der Waals surface area contributed by atoms with Crippen molar-refractivity contribution in [1.82, 2.24) is 0 Å². The Morgan fingerprint density at radius 3 is 2.40 bits per heavy atom. The molecule has 0 aromatic rings. The van der Waals surface area contributed by atoms with E-state index in [1.54, 1.807) is 6.08 Å². The third-order valence-electron chi connectivity index (χ3n) is 3.70. The summed E-state index contributed by atoms with van der Waals surface area (Å²) in [5.74, 6) is 1.81. The van der Waals surface area contributed by atoms with Gasteiger partial charge in [-0.2, -0.15) is 0 Å². The molecule has 1 heteroatoms. The van der Waals surface area contributed by atoms with E-state index in [2.05, 4.69) is 27.7 Å². The molecule has 3 unspecified atom stereocenters. The van der Waals surface area contributed by atoms with Crippen molar-refractivity contribution in [3.63, 3.8) is 0 Å². The van der Waals surface area contributed by atoms with E-state index in [4.69, 9.17) is 0 Å². The second kappa shape index (κ2) is 4.51. The Morgan fingerprint density at radius 2 is 1.93 bits per heavy atom. The highest BCUT2D eigenvalue weighted by Crippen LogP contribution is 2.46. The van der Waals surface area contributed by atoms with Gasteiger partial charge in [0.2, 0.25) is 0 Å². The van der Waals surface area contributed by atoms with Gasteiger partial charge in [-0.3, -0.25) is 4.79 Å². The van der Waals surface area contributed by atoms with E-state index in [1.165, 1.54) is 12.8 Å². The smallest absolute Gasteiger partial charge is 0.159 e. The zero-order valence-corrected chi connectivity index (χ0v) is 10.7. The van der Waals surface area contributed by atoms with Crippen molar-refractivity contribution in [2.24, 2.45) is 23.2 Å². The molecular formula is C14H24O. The van der Waals surface area contributed by atoms with Crippen molar-refractivity contribution < 1.29 is 4.79 Å². The van der Waals surface area contributed by atoms with Crippen molar-refractivity contribution in [1.29, 1.82) is 0 Å². The Bertz CT molecular complexity index is 263. The number of rotatable bonds is 2. The lowest BCUT2D eigenvalue weighted by Gasteiger charge is -2.44. The average Bonchev–Trinajstić information content (AvgIpc) is 1.99. The maximum absolute atomic E-state index is 12.0. The lowest BCUT2D eigenvalue weighted by Crippen LogP contribution is -2.41. The van der Waals surface area contributed by atoms with Crippen LogP contribution in [0.15, 0.2) is 12.2 Å². The van der Waals surface area contributed by atoms with E-state index in [-0.39, 0.29) is 11.3 Å². The molecule has 0 heterocycles. The standard InChI is InChI=1S/C14H24O/c1-6-7-12(15)13-11(3)8-10(2)9-14(13,4)5/h6-7,10-11,13H,8-9H2,1-5H3/b7-6+. The van der Waals surface area contributed by atoms with Crippen LogP contribution in [-0.4, -0.2) is 5.78 Å². The molecule has 0 spiro atoms. The SMILES string of the molecule is C/C=C/C(=O)C1C(C)CC(C)CC1(C)C. The minimum absolute atomic E-state index is 0.160. The van der Waals surface area contributed by atoms with E-state index < -0.39 is 0 Å². The first-order valence-electron chi connectivity index (χ1n) is 6.05. The van der Waals surface area contributed by atoms with Gasteiger partial charge in [-0.1, -0.05) is 33.8 Å². The number of carbonyl (C=O) groups is 1. The van der Waals surface area contributed by atoms with Gasteiger partial charge < -0.3 is 0 Å². The number of hydrogen-bond donors (Lipinski definition) is 0. The predicted molar refractivity (Wildman–Crippen MR) is 64.7 cm³/mol. The fourth-order valence-corrected chi connectivity index (χ4v) is 3.58. The van der Waals surface area contributed by atoms with Crippen LogP contribution in [0.5, 0.6) is 0 Å². The lowest BCUT2D eigenvalue weighted by molar-refractivity contribution is -0.126.